The summed E-state index contributed by atoms with van der Waals surface area (Å²) in [6, 6.07) is 12.6. The third-order valence-electron chi connectivity index (χ3n) is 3.32. The molecule has 0 heterocycles. The van der Waals surface area contributed by atoms with Gasteiger partial charge in [0.05, 0.1) is 6.61 Å². The van der Waals surface area contributed by atoms with Crippen molar-refractivity contribution in [1.82, 2.24) is 10.9 Å². The molecule has 126 valence electrons. The molecule has 0 aromatic heterocycles. The van der Waals surface area contributed by atoms with Crippen LogP contribution >= 0.6 is 0 Å². The number of hydrogen-bond donors (Lipinski definition) is 2. The number of para-hydroxylation sites is 1. The lowest BCUT2D eigenvalue weighted by Crippen LogP contribution is -2.41. The third-order valence-corrected chi connectivity index (χ3v) is 3.32. The van der Waals surface area contributed by atoms with Crippen LogP contribution in [0.2, 0.25) is 0 Å². The van der Waals surface area contributed by atoms with Crippen molar-refractivity contribution in [1.29, 1.82) is 0 Å². The number of ether oxygens (including phenoxy) is 1. The molecule has 0 radical (unpaired) electrons. The number of rotatable bonds is 6. The molecule has 0 saturated carbocycles. The Morgan fingerprint density at radius 3 is 2.46 bits per heavy atom. The van der Waals surface area contributed by atoms with Crippen LogP contribution in [0, 0.1) is 5.82 Å². The molecule has 0 aliphatic heterocycles. The van der Waals surface area contributed by atoms with Crippen LogP contribution in [0.5, 0.6) is 5.75 Å². The first-order chi connectivity index (χ1) is 11.6. The summed E-state index contributed by atoms with van der Waals surface area (Å²) in [5, 5.41) is 0. The average Bonchev–Trinajstić information content (AvgIpc) is 2.60. The summed E-state index contributed by atoms with van der Waals surface area (Å²) in [4.78, 5) is 23.7. The second-order valence-corrected chi connectivity index (χ2v) is 5.05. The predicted molar refractivity (Wildman–Crippen MR) is 87.9 cm³/mol. The Balaban J connectivity index is 1.81. The minimum absolute atomic E-state index is 0.202. The second kappa shape index (κ2) is 8.67. The van der Waals surface area contributed by atoms with Gasteiger partial charge in [-0.15, -0.1) is 0 Å². The Morgan fingerprint density at radius 2 is 1.75 bits per heavy atom. The molecule has 0 atom stereocenters. The van der Waals surface area contributed by atoms with Gasteiger partial charge in [0.25, 0.3) is 5.91 Å². The van der Waals surface area contributed by atoms with Gasteiger partial charge in [0.15, 0.2) is 0 Å². The number of hydrazine groups is 1. The third kappa shape index (κ3) is 5.08. The minimum Gasteiger partial charge on any atom is -0.494 e. The molecule has 2 amide bonds. The summed E-state index contributed by atoms with van der Waals surface area (Å²) in [5.41, 5.74) is 5.84. The van der Waals surface area contributed by atoms with E-state index in [4.69, 9.17) is 4.74 Å². The van der Waals surface area contributed by atoms with Crippen LogP contribution in [0.4, 0.5) is 4.39 Å². The molecule has 0 spiro atoms. The van der Waals surface area contributed by atoms with E-state index in [2.05, 4.69) is 10.9 Å². The van der Waals surface area contributed by atoms with Crippen molar-refractivity contribution >= 4 is 11.8 Å². The van der Waals surface area contributed by atoms with Crippen molar-refractivity contribution < 1.29 is 18.7 Å². The van der Waals surface area contributed by atoms with Gasteiger partial charge in [-0.3, -0.25) is 20.4 Å². The summed E-state index contributed by atoms with van der Waals surface area (Å²) < 4.78 is 18.3. The van der Waals surface area contributed by atoms with E-state index in [-0.39, 0.29) is 17.9 Å². The average molecular weight is 330 g/mol. The first-order valence-corrected chi connectivity index (χ1v) is 7.65. The molecule has 0 aliphatic carbocycles. The number of aryl methyl sites for hydroxylation is 1. The van der Waals surface area contributed by atoms with Gasteiger partial charge in [0, 0.05) is 12.0 Å². The van der Waals surface area contributed by atoms with Crippen molar-refractivity contribution in [2.45, 2.75) is 19.8 Å². The number of carbonyl (C=O) groups excluding carboxylic acids is 2. The fourth-order valence-corrected chi connectivity index (χ4v) is 2.12. The van der Waals surface area contributed by atoms with Gasteiger partial charge in [0.1, 0.15) is 11.6 Å². The second-order valence-electron chi connectivity index (χ2n) is 5.05. The molecule has 0 bridgehead atoms. The molecule has 6 heteroatoms. The number of nitrogens with one attached hydrogen (secondary N) is 2. The van der Waals surface area contributed by atoms with Gasteiger partial charge < -0.3 is 4.74 Å². The Labute approximate surface area is 139 Å². The number of amides is 2. The summed E-state index contributed by atoms with van der Waals surface area (Å²) in [6.45, 7) is 2.45. The highest BCUT2D eigenvalue weighted by Crippen LogP contribution is 2.19. The normalized spacial score (nSPS) is 10.1. The minimum atomic E-state index is -0.502. The molecule has 2 aromatic rings. The highest BCUT2D eigenvalue weighted by molar-refractivity contribution is 5.95. The number of carbonyl (C=O) groups is 2. The van der Waals surface area contributed by atoms with Gasteiger partial charge in [-0.25, -0.2) is 4.39 Å². The molecule has 0 fully saturated rings. The van der Waals surface area contributed by atoms with Crippen molar-refractivity contribution in [2.75, 3.05) is 6.61 Å². The SMILES string of the molecule is CCOc1ccccc1CCC(=O)NNC(=O)c1ccc(F)cc1. The molecule has 0 aliphatic rings. The Kier molecular flexibility index (Phi) is 6.31. The van der Waals surface area contributed by atoms with E-state index < -0.39 is 11.7 Å². The van der Waals surface area contributed by atoms with Crippen molar-refractivity contribution in [3.63, 3.8) is 0 Å². The summed E-state index contributed by atoms with van der Waals surface area (Å²) >= 11 is 0. The van der Waals surface area contributed by atoms with Gasteiger partial charge in [-0.1, -0.05) is 18.2 Å². The van der Waals surface area contributed by atoms with Gasteiger partial charge >= 0.3 is 0 Å². The predicted octanol–water partition coefficient (Wildman–Crippen LogP) is 2.62. The zero-order chi connectivity index (χ0) is 17.4. The monoisotopic (exact) mass is 330 g/mol. The van der Waals surface area contributed by atoms with Gasteiger partial charge in [-0.05, 0) is 49.2 Å². The van der Waals surface area contributed by atoms with Crippen LogP contribution in [-0.4, -0.2) is 18.4 Å². The Morgan fingerprint density at radius 1 is 1.04 bits per heavy atom. The van der Waals surface area contributed by atoms with E-state index in [0.29, 0.717) is 13.0 Å². The lowest BCUT2D eigenvalue weighted by molar-refractivity contribution is -0.121. The highest BCUT2D eigenvalue weighted by atomic mass is 19.1. The van der Waals surface area contributed by atoms with Gasteiger partial charge in [0.2, 0.25) is 5.91 Å². The lowest BCUT2D eigenvalue weighted by atomic mass is 10.1. The fraction of sp³-hybridized carbons (Fsp3) is 0.222. The van der Waals surface area contributed by atoms with E-state index in [1.165, 1.54) is 24.3 Å². The highest BCUT2D eigenvalue weighted by Gasteiger charge is 2.09. The molecule has 2 N–H and O–H groups in total. The fourth-order valence-electron chi connectivity index (χ4n) is 2.12. The van der Waals surface area contributed by atoms with Crippen LogP contribution in [0.15, 0.2) is 48.5 Å². The van der Waals surface area contributed by atoms with Crippen LogP contribution in [0.1, 0.15) is 29.3 Å². The van der Waals surface area contributed by atoms with E-state index in [1.54, 1.807) is 0 Å². The smallest absolute Gasteiger partial charge is 0.269 e. The van der Waals surface area contributed by atoms with Crippen LogP contribution in [0.25, 0.3) is 0 Å². The lowest BCUT2D eigenvalue weighted by Gasteiger charge is -2.10. The summed E-state index contributed by atoms with van der Waals surface area (Å²) in [6.07, 6.45) is 0.697. The number of benzene rings is 2. The van der Waals surface area contributed by atoms with Crippen LogP contribution < -0.4 is 15.6 Å². The molecule has 24 heavy (non-hydrogen) atoms. The maximum absolute atomic E-state index is 12.8. The molecular weight excluding hydrogens is 311 g/mol. The maximum atomic E-state index is 12.8. The van der Waals surface area contributed by atoms with E-state index in [1.807, 2.05) is 31.2 Å². The number of hydrogen-bond acceptors (Lipinski definition) is 3. The van der Waals surface area contributed by atoms with E-state index in [0.717, 1.165) is 11.3 Å². The van der Waals surface area contributed by atoms with Crippen molar-refractivity contribution in [3.8, 4) is 5.75 Å². The Hall–Kier alpha value is -2.89. The van der Waals surface area contributed by atoms with E-state index >= 15 is 0 Å². The standard InChI is InChI=1S/C18H19FN2O3/c1-2-24-16-6-4-3-5-13(16)9-12-17(22)20-21-18(23)14-7-10-15(19)11-8-14/h3-8,10-11H,2,9,12H2,1H3,(H,20,22)(H,21,23). The van der Waals surface area contributed by atoms with Crippen LogP contribution in [-0.2, 0) is 11.2 Å². The molecule has 0 saturated heterocycles. The summed E-state index contributed by atoms with van der Waals surface area (Å²) in [7, 11) is 0. The Bertz CT molecular complexity index is 702. The molecule has 0 unspecified atom stereocenters. The quantitative estimate of drug-likeness (QED) is 0.800. The van der Waals surface area contributed by atoms with Crippen molar-refractivity contribution in [3.05, 3.63) is 65.5 Å². The van der Waals surface area contributed by atoms with Gasteiger partial charge in [-0.2, -0.15) is 0 Å². The first-order valence-electron chi connectivity index (χ1n) is 7.65. The van der Waals surface area contributed by atoms with Crippen molar-refractivity contribution in [2.24, 2.45) is 0 Å². The molecular formula is C18H19FN2O3. The van der Waals surface area contributed by atoms with Crippen LogP contribution in [0.3, 0.4) is 0 Å². The summed E-state index contributed by atoms with van der Waals surface area (Å²) in [5.74, 6) is -0.499. The largest absolute Gasteiger partial charge is 0.494 e. The zero-order valence-electron chi connectivity index (χ0n) is 13.3. The molecule has 5 nitrogen and oxygen atoms in total. The topological polar surface area (TPSA) is 67.4 Å². The first kappa shape index (κ1) is 17.5. The number of halogens is 1. The zero-order valence-corrected chi connectivity index (χ0v) is 13.3. The molecule has 2 aromatic carbocycles. The molecule has 2 rings (SSSR count). The van der Waals surface area contributed by atoms with E-state index in [9.17, 15) is 14.0 Å². The maximum Gasteiger partial charge on any atom is 0.269 e.